The van der Waals surface area contributed by atoms with Gasteiger partial charge in [-0.05, 0) is 31.5 Å². The van der Waals surface area contributed by atoms with Gasteiger partial charge in [0, 0.05) is 19.6 Å². The molecule has 1 aromatic rings. The largest absolute Gasteiger partial charge is 0.490 e. The van der Waals surface area contributed by atoms with Gasteiger partial charge in [-0.3, -0.25) is 9.69 Å². The molecule has 2 fully saturated rings. The predicted molar refractivity (Wildman–Crippen MR) is 95.3 cm³/mol. The third-order valence-electron chi connectivity index (χ3n) is 4.38. The van der Waals surface area contributed by atoms with Gasteiger partial charge < -0.3 is 19.5 Å². The van der Waals surface area contributed by atoms with Gasteiger partial charge in [0.05, 0.1) is 43.4 Å². The van der Waals surface area contributed by atoms with Crippen molar-refractivity contribution in [3.05, 3.63) is 22.7 Å². The molecule has 25 heavy (non-hydrogen) atoms. The molecular weight excluding hydrogens is 344 g/mol. The molecular formula is C18H25ClN2O4. The van der Waals surface area contributed by atoms with E-state index in [0.29, 0.717) is 56.0 Å². The molecule has 0 aromatic heterocycles. The van der Waals surface area contributed by atoms with Gasteiger partial charge in [0.25, 0.3) is 0 Å². The molecule has 0 radical (unpaired) electrons. The molecule has 2 bridgehead atoms. The third kappa shape index (κ3) is 4.37. The first-order valence-corrected chi connectivity index (χ1v) is 9.17. The van der Waals surface area contributed by atoms with Gasteiger partial charge in [-0.1, -0.05) is 11.6 Å². The van der Waals surface area contributed by atoms with Crippen LogP contribution in [0, 0.1) is 5.92 Å². The topological polar surface area (TPSA) is 60.0 Å². The van der Waals surface area contributed by atoms with Crippen LogP contribution in [0.5, 0.6) is 11.5 Å². The number of rotatable bonds is 6. The summed E-state index contributed by atoms with van der Waals surface area (Å²) < 4.78 is 16.9. The van der Waals surface area contributed by atoms with Crippen LogP contribution in [-0.2, 0) is 16.1 Å². The van der Waals surface area contributed by atoms with Crippen LogP contribution in [0.2, 0.25) is 5.02 Å². The second kappa shape index (κ2) is 8.25. The molecule has 2 aliphatic rings. The Morgan fingerprint density at radius 1 is 1.24 bits per heavy atom. The van der Waals surface area contributed by atoms with E-state index in [1.807, 2.05) is 26.0 Å². The van der Waals surface area contributed by atoms with Gasteiger partial charge in [-0.2, -0.15) is 0 Å². The van der Waals surface area contributed by atoms with Gasteiger partial charge in [-0.25, -0.2) is 0 Å². The molecule has 2 atom stereocenters. The SMILES string of the molecule is CCOc1cc(CN2C[C@H]3COC[C@@H](C2)C(=O)N3)cc(Cl)c1OCC. The Morgan fingerprint density at radius 2 is 2.04 bits per heavy atom. The number of benzene rings is 1. The fourth-order valence-electron chi connectivity index (χ4n) is 3.37. The van der Waals surface area contributed by atoms with E-state index < -0.39 is 0 Å². The molecule has 6 nitrogen and oxygen atoms in total. The Labute approximate surface area is 153 Å². The number of halogens is 1. The minimum atomic E-state index is -0.128. The maximum Gasteiger partial charge on any atom is 0.227 e. The Balaban J connectivity index is 1.79. The van der Waals surface area contributed by atoms with Gasteiger partial charge in [0.2, 0.25) is 5.91 Å². The van der Waals surface area contributed by atoms with Crippen molar-refractivity contribution in [1.29, 1.82) is 0 Å². The highest BCUT2D eigenvalue weighted by Crippen LogP contribution is 2.37. The summed E-state index contributed by atoms with van der Waals surface area (Å²) in [6.07, 6.45) is 0. The Hall–Kier alpha value is -1.50. The number of carbonyl (C=O) groups excluding carboxylic acids is 1. The van der Waals surface area contributed by atoms with Crippen molar-refractivity contribution in [3.8, 4) is 11.5 Å². The molecule has 138 valence electrons. The van der Waals surface area contributed by atoms with Crippen LogP contribution >= 0.6 is 11.6 Å². The highest BCUT2D eigenvalue weighted by molar-refractivity contribution is 6.32. The van der Waals surface area contributed by atoms with Crippen molar-refractivity contribution in [3.63, 3.8) is 0 Å². The lowest BCUT2D eigenvalue weighted by Crippen LogP contribution is -2.41. The van der Waals surface area contributed by atoms with Gasteiger partial charge in [-0.15, -0.1) is 0 Å². The second-order valence-corrected chi connectivity index (χ2v) is 6.81. The Kier molecular flexibility index (Phi) is 6.04. The zero-order chi connectivity index (χ0) is 17.8. The second-order valence-electron chi connectivity index (χ2n) is 6.40. The standard InChI is InChI=1S/C18H25ClN2O4/c1-3-24-16-6-12(5-15(19)17(16)25-4-2)7-21-8-13-10-23-11-14(9-21)20-18(13)22/h5-6,13-14H,3-4,7-11H2,1-2H3,(H,20,22)/t13-,14+/m1/s1. The molecule has 3 rings (SSSR count). The van der Waals surface area contributed by atoms with Crippen LogP contribution in [0.1, 0.15) is 19.4 Å². The molecule has 0 saturated carbocycles. The number of fused-ring (bicyclic) bond motifs is 3. The molecule has 0 spiro atoms. The summed E-state index contributed by atoms with van der Waals surface area (Å²) in [4.78, 5) is 14.4. The number of hydrogen-bond acceptors (Lipinski definition) is 5. The number of carbonyl (C=O) groups is 1. The third-order valence-corrected chi connectivity index (χ3v) is 4.66. The zero-order valence-corrected chi connectivity index (χ0v) is 15.5. The average Bonchev–Trinajstić information content (AvgIpc) is 2.80. The van der Waals surface area contributed by atoms with Crippen LogP contribution in [0.4, 0.5) is 0 Å². The molecule has 1 aromatic carbocycles. The molecule has 2 heterocycles. The number of ether oxygens (including phenoxy) is 3. The smallest absolute Gasteiger partial charge is 0.227 e. The summed E-state index contributed by atoms with van der Waals surface area (Å²) in [7, 11) is 0. The van der Waals surface area contributed by atoms with E-state index in [9.17, 15) is 4.79 Å². The molecule has 0 aliphatic carbocycles. The predicted octanol–water partition coefficient (Wildman–Crippen LogP) is 2.08. The van der Waals surface area contributed by atoms with Gasteiger partial charge in [0.15, 0.2) is 11.5 Å². The molecule has 2 aliphatic heterocycles. The first kappa shape index (κ1) is 18.3. The van der Waals surface area contributed by atoms with E-state index >= 15 is 0 Å². The van der Waals surface area contributed by atoms with Crippen molar-refractivity contribution in [2.75, 3.05) is 39.5 Å². The molecule has 7 heteroatoms. The Morgan fingerprint density at radius 3 is 2.80 bits per heavy atom. The van der Waals surface area contributed by atoms with E-state index in [-0.39, 0.29) is 17.9 Å². The van der Waals surface area contributed by atoms with Crippen molar-refractivity contribution < 1.29 is 19.0 Å². The maximum absolute atomic E-state index is 12.1. The van der Waals surface area contributed by atoms with Gasteiger partial charge >= 0.3 is 0 Å². The molecule has 2 saturated heterocycles. The lowest BCUT2D eigenvalue weighted by molar-refractivity contribution is -0.125. The van der Waals surface area contributed by atoms with E-state index in [1.54, 1.807) is 0 Å². The highest BCUT2D eigenvalue weighted by atomic mass is 35.5. The van der Waals surface area contributed by atoms with E-state index in [2.05, 4.69) is 10.2 Å². The van der Waals surface area contributed by atoms with E-state index in [0.717, 1.165) is 12.1 Å². The number of amides is 1. The molecule has 1 N–H and O–H groups in total. The summed E-state index contributed by atoms with van der Waals surface area (Å²) in [6, 6.07) is 3.93. The van der Waals surface area contributed by atoms with Crippen molar-refractivity contribution in [2.24, 2.45) is 5.92 Å². The first-order chi connectivity index (χ1) is 12.1. The number of nitrogens with one attached hydrogen (secondary N) is 1. The quantitative estimate of drug-likeness (QED) is 0.833. The highest BCUT2D eigenvalue weighted by Gasteiger charge is 2.33. The lowest BCUT2D eigenvalue weighted by Gasteiger charge is -2.27. The Bertz CT molecular complexity index is 625. The van der Waals surface area contributed by atoms with Crippen LogP contribution in [0.15, 0.2) is 12.1 Å². The monoisotopic (exact) mass is 368 g/mol. The summed E-state index contributed by atoms with van der Waals surface area (Å²) >= 11 is 6.41. The number of nitrogens with zero attached hydrogens (tertiary/aromatic N) is 1. The zero-order valence-electron chi connectivity index (χ0n) is 14.7. The summed E-state index contributed by atoms with van der Waals surface area (Å²) in [5.74, 6) is 1.22. The van der Waals surface area contributed by atoms with Crippen molar-refractivity contribution in [2.45, 2.75) is 26.4 Å². The normalized spacial score (nSPS) is 23.7. The lowest BCUT2D eigenvalue weighted by atomic mass is 10.1. The van der Waals surface area contributed by atoms with Crippen LogP contribution in [0.3, 0.4) is 0 Å². The van der Waals surface area contributed by atoms with E-state index in [1.165, 1.54) is 0 Å². The summed E-state index contributed by atoms with van der Waals surface area (Å²) in [5.41, 5.74) is 1.05. The van der Waals surface area contributed by atoms with Gasteiger partial charge in [0.1, 0.15) is 0 Å². The molecule has 0 unspecified atom stereocenters. The van der Waals surface area contributed by atoms with E-state index in [4.69, 9.17) is 25.8 Å². The minimum Gasteiger partial charge on any atom is -0.490 e. The van der Waals surface area contributed by atoms with Crippen LogP contribution in [0.25, 0.3) is 0 Å². The fourth-order valence-corrected chi connectivity index (χ4v) is 3.66. The van der Waals surface area contributed by atoms with Crippen LogP contribution in [-0.4, -0.2) is 56.4 Å². The maximum atomic E-state index is 12.1. The average molecular weight is 369 g/mol. The fraction of sp³-hybridized carbons (Fsp3) is 0.611. The van der Waals surface area contributed by atoms with Crippen LogP contribution < -0.4 is 14.8 Å². The van der Waals surface area contributed by atoms with Crippen molar-refractivity contribution >= 4 is 17.5 Å². The van der Waals surface area contributed by atoms with Crippen molar-refractivity contribution in [1.82, 2.24) is 10.2 Å². The summed E-state index contributed by atoms with van der Waals surface area (Å²) in [5, 5.41) is 3.60. The minimum absolute atomic E-state index is 0.0320. The molecule has 1 amide bonds. The number of hydrogen-bond donors (Lipinski definition) is 1. The summed E-state index contributed by atoms with van der Waals surface area (Å²) in [6.45, 7) is 8.11. The first-order valence-electron chi connectivity index (χ1n) is 8.79.